The van der Waals surface area contributed by atoms with Crippen LogP contribution in [0.2, 0.25) is 0 Å². The van der Waals surface area contributed by atoms with Crippen molar-refractivity contribution in [1.29, 1.82) is 0 Å². The number of rotatable bonds is 3. The molecule has 1 aromatic heterocycles. The molecule has 0 bridgehead atoms. The van der Waals surface area contributed by atoms with Crippen molar-refractivity contribution in [3.8, 4) is 0 Å². The number of nitrogens with two attached hydrogens (primary N) is 1. The van der Waals surface area contributed by atoms with Crippen molar-refractivity contribution in [2.45, 2.75) is 44.3 Å². The smallest absolute Gasteiger partial charge is 0.327 e. The van der Waals surface area contributed by atoms with Gasteiger partial charge >= 0.3 is 6.18 Å². The third kappa shape index (κ3) is 4.20. The Hall–Kier alpha value is -0.0700. The first kappa shape index (κ1) is 15.3. The summed E-state index contributed by atoms with van der Waals surface area (Å²) in [5.41, 5.74) is 6.12. The molecular weight excluding hydrogens is 339 g/mol. The minimum absolute atomic E-state index is 0.0127. The number of thiophene rings is 1. The number of hydrogen-bond donors (Lipinski definition) is 1. The van der Waals surface area contributed by atoms with E-state index < -0.39 is 12.1 Å². The maximum Gasteiger partial charge on any atom is 0.391 e. The Bertz CT molecular complexity index is 418. The van der Waals surface area contributed by atoms with E-state index in [2.05, 4.69) is 15.9 Å². The lowest BCUT2D eigenvalue weighted by Gasteiger charge is -2.33. The van der Waals surface area contributed by atoms with Gasteiger partial charge in [0.2, 0.25) is 0 Å². The molecule has 19 heavy (non-hydrogen) atoms. The van der Waals surface area contributed by atoms with Gasteiger partial charge in [-0.3, -0.25) is 0 Å². The molecule has 1 aliphatic carbocycles. The van der Waals surface area contributed by atoms with Crippen molar-refractivity contribution in [3.63, 3.8) is 0 Å². The molecule has 1 nitrogen and oxygen atoms in total. The molecule has 1 aromatic rings. The lowest BCUT2D eigenvalue weighted by Crippen LogP contribution is -2.38. The van der Waals surface area contributed by atoms with Crippen LogP contribution in [0, 0.1) is 11.8 Å². The molecule has 1 aliphatic rings. The number of alkyl halides is 3. The Morgan fingerprint density at radius 3 is 2.68 bits per heavy atom. The van der Waals surface area contributed by atoms with Crippen LogP contribution in [0.5, 0.6) is 0 Å². The average molecular weight is 356 g/mol. The molecule has 1 saturated carbocycles. The van der Waals surface area contributed by atoms with Gasteiger partial charge in [-0.2, -0.15) is 13.2 Å². The Morgan fingerprint density at radius 1 is 1.37 bits per heavy atom. The zero-order valence-electron chi connectivity index (χ0n) is 10.4. The highest BCUT2D eigenvalue weighted by atomic mass is 79.9. The molecule has 1 heterocycles. The molecule has 0 aromatic carbocycles. The second kappa shape index (κ2) is 6.14. The molecule has 1 fully saturated rings. The van der Waals surface area contributed by atoms with E-state index in [0.29, 0.717) is 12.8 Å². The first-order chi connectivity index (χ1) is 8.86. The molecule has 0 amide bonds. The SMILES string of the molecule is NC(Cc1ccc(Br)s1)C1CCCC(C(F)(F)F)C1. The van der Waals surface area contributed by atoms with Gasteiger partial charge < -0.3 is 5.73 Å². The minimum Gasteiger partial charge on any atom is -0.327 e. The second-order valence-electron chi connectivity index (χ2n) is 5.24. The van der Waals surface area contributed by atoms with Gasteiger partial charge in [0.15, 0.2) is 0 Å². The topological polar surface area (TPSA) is 26.0 Å². The fraction of sp³-hybridized carbons (Fsp3) is 0.692. The van der Waals surface area contributed by atoms with E-state index in [1.54, 1.807) is 11.3 Å². The highest BCUT2D eigenvalue weighted by Crippen LogP contribution is 2.41. The first-order valence-corrected chi connectivity index (χ1v) is 8.03. The summed E-state index contributed by atoms with van der Waals surface area (Å²) in [6.45, 7) is 0. The van der Waals surface area contributed by atoms with Gasteiger partial charge in [-0.05, 0) is 59.7 Å². The summed E-state index contributed by atoms with van der Waals surface area (Å²) in [4.78, 5) is 1.13. The summed E-state index contributed by atoms with van der Waals surface area (Å²) < 4.78 is 39.3. The largest absolute Gasteiger partial charge is 0.391 e. The Morgan fingerprint density at radius 2 is 2.11 bits per heavy atom. The van der Waals surface area contributed by atoms with Gasteiger partial charge in [0.1, 0.15) is 0 Å². The van der Waals surface area contributed by atoms with Crippen molar-refractivity contribution in [1.82, 2.24) is 0 Å². The number of hydrogen-bond acceptors (Lipinski definition) is 2. The lowest BCUT2D eigenvalue weighted by atomic mass is 9.77. The van der Waals surface area contributed by atoms with Crippen LogP contribution >= 0.6 is 27.3 Å². The molecule has 0 radical (unpaired) electrons. The van der Waals surface area contributed by atoms with Gasteiger partial charge in [0, 0.05) is 10.9 Å². The van der Waals surface area contributed by atoms with Gasteiger partial charge in [0.25, 0.3) is 0 Å². The summed E-state index contributed by atoms with van der Waals surface area (Å²) >= 11 is 4.98. The fourth-order valence-corrected chi connectivity index (χ4v) is 4.33. The van der Waals surface area contributed by atoms with Crippen LogP contribution in [0.25, 0.3) is 0 Å². The molecule has 6 heteroatoms. The molecular formula is C13H17BrF3NS. The Balaban J connectivity index is 1.93. The van der Waals surface area contributed by atoms with Crippen molar-refractivity contribution >= 4 is 27.3 Å². The second-order valence-corrected chi connectivity index (χ2v) is 7.79. The van der Waals surface area contributed by atoms with E-state index in [1.165, 1.54) is 0 Å². The van der Waals surface area contributed by atoms with Gasteiger partial charge in [0.05, 0.1) is 9.70 Å². The van der Waals surface area contributed by atoms with E-state index in [0.717, 1.165) is 15.1 Å². The van der Waals surface area contributed by atoms with Crippen molar-refractivity contribution in [3.05, 3.63) is 20.8 Å². The summed E-state index contributed by atoms with van der Waals surface area (Å²) in [5.74, 6) is -1.17. The monoisotopic (exact) mass is 355 g/mol. The predicted octanol–water partition coefficient (Wildman–Crippen LogP) is 4.75. The Labute approximate surface area is 123 Å². The van der Waals surface area contributed by atoms with E-state index in [9.17, 15) is 13.2 Å². The summed E-state index contributed by atoms with van der Waals surface area (Å²) in [7, 11) is 0. The van der Waals surface area contributed by atoms with Crippen molar-refractivity contribution in [2.75, 3.05) is 0 Å². The van der Waals surface area contributed by atoms with Crippen LogP contribution in [0.1, 0.15) is 30.6 Å². The van der Waals surface area contributed by atoms with E-state index in [-0.39, 0.29) is 24.8 Å². The molecule has 0 aliphatic heterocycles. The van der Waals surface area contributed by atoms with Crippen LogP contribution in [-0.2, 0) is 6.42 Å². The molecule has 3 unspecified atom stereocenters. The lowest BCUT2D eigenvalue weighted by molar-refractivity contribution is -0.186. The van der Waals surface area contributed by atoms with Gasteiger partial charge in [-0.1, -0.05) is 6.42 Å². The molecule has 2 rings (SSSR count). The van der Waals surface area contributed by atoms with Crippen LogP contribution in [0.3, 0.4) is 0 Å². The van der Waals surface area contributed by atoms with Gasteiger partial charge in [-0.25, -0.2) is 0 Å². The third-order valence-electron chi connectivity index (χ3n) is 3.85. The van der Waals surface area contributed by atoms with E-state index in [1.807, 2.05) is 12.1 Å². The summed E-state index contributed by atoms with van der Waals surface area (Å²) in [5, 5.41) is 0. The quantitative estimate of drug-likeness (QED) is 0.831. The average Bonchev–Trinajstić information content (AvgIpc) is 2.74. The standard InChI is InChI=1S/C13H17BrF3NS/c14-12-5-4-10(19-12)7-11(18)8-2-1-3-9(6-8)13(15,16)17/h4-5,8-9,11H,1-3,6-7,18H2. The van der Waals surface area contributed by atoms with Crippen LogP contribution in [0.15, 0.2) is 15.9 Å². The molecule has 3 atom stereocenters. The number of halogens is 4. The van der Waals surface area contributed by atoms with E-state index >= 15 is 0 Å². The maximum absolute atomic E-state index is 12.8. The normalized spacial score (nSPS) is 26.4. The minimum atomic E-state index is -4.07. The highest BCUT2D eigenvalue weighted by molar-refractivity contribution is 9.11. The van der Waals surface area contributed by atoms with Crippen molar-refractivity contribution < 1.29 is 13.2 Å². The molecule has 108 valence electrons. The predicted molar refractivity (Wildman–Crippen MR) is 75.2 cm³/mol. The van der Waals surface area contributed by atoms with Crippen LogP contribution in [0.4, 0.5) is 13.2 Å². The van der Waals surface area contributed by atoms with E-state index in [4.69, 9.17) is 5.73 Å². The molecule has 2 N–H and O–H groups in total. The van der Waals surface area contributed by atoms with Crippen molar-refractivity contribution in [2.24, 2.45) is 17.6 Å². The molecule has 0 spiro atoms. The summed E-state index contributed by atoms with van der Waals surface area (Å²) in [6.07, 6.45) is -1.48. The van der Waals surface area contributed by atoms with Gasteiger partial charge in [-0.15, -0.1) is 11.3 Å². The zero-order chi connectivity index (χ0) is 14.0. The van der Waals surface area contributed by atoms with Crippen LogP contribution < -0.4 is 5.73 Å². The highest BCUT2D eigenvalue weighted by Gasteiger charge is 2.43. The van der Waals surface area contributed by atoms with Crippen LogP contribution in [-0.4, -0.2) is 12.2 Å². The third-order valence-corrected chi connectivity index (χ3v) is 5.49. The summed E-state index contributed by atoms with van der Waals surface area (Å²) in [6, 6.07) is 3.76. The first-order valence-electron chi connectivity index (χ1n) is 6.42. The fourth-order valence-electron chi connectivity index (χ4n) is 2.77. The Kier molecular flexibility index (Phi) is 4.95. The zero-order valence-corrected chi connectivity index (χ0v) is 12.8. The molecule has 0 saturated heterocycles. The maximum atomic E-state index is 12.8.